The quantitative estimate of drug-likeness (QED) is 0.623. The zero-order valence-corrected chi connectivity index (χ0v) is 14.0. The number of fused-ring (bicyclic) bond motifs is 1. The van der Waals surface area contributed by atoms with Gasteiger partial charge in [-0.25, -0.2) is 12.8 Å². The number of sulfone groups is 1. The summed E-state index contributed by atoms with van der Waals surface area (Å²) in [7, 11) is -4.94. The van der Waals surface area contributed by atoms with Crippen molar-refractivity contribution in [3.8, 4) is 0 Å². The van der Waals surface area contributed by atoms with Crippen molar-refractivity contribution in [3.05, 3.63) is 63.5 Å². The number of hydrogen-bond donors (Lipinski definition) is 1. The van der Waals surface area contributed by atoms with Crippen LogP contribution in [0.5, 0.6) is 0 Å². The number of aryl methyl sites for hydroxylation is 1. The smallest absolute Gasteiger partial charge is 0.341 e. The molecule has 0 saturated heterocycles. The van der Waals surface area contributed by atoms with E-state index in [4.69, 9.17) is 0 Å². The molecular weight excluding hydrogens is 373 g/mol. The molecule has 0 amide bonds. The first-order valence-electron chi connectivity index (χ1n) is 7.55. The largest absolute Gasteiger partial charge is 0.373 e. The fourth-order valence-corrected chi connectivity index (χ4v) is 3.73. The average Bonchev–Trinajstić information content (AvgIpc) is 2.96. The van der Waals surface area contributed by atoms with Crippen LogP contribution in [0, 0.1) is 15.9 Å². The van der Waals surface area contributed by atoms with Crippen LogP contribution in [-0.2, 0) is 16.3 Å². The summed E-state index contributed by atoms with van der Waals surface area (Å²) in [5.74, 6) is -4.05. The van der Waals surface area contributed by atoms with Crippen LogP contribution in [0.15, 0.2) is 41.3 Å². The first-order chi connectivity index (χ1) is 12.2. The van der Waals surface area contributed by atoms with Gasteiger partial charge in [0, 0.05) is 6.07 Å². The molecule has 1 atom stereocenters. The lowest BCUT2D eigenvalue weighted by atomic mass is 10.1. The highest BCUT2D eigenvalue weighted by atomic mass is 32.2. The van der Waals surface area contributed by atoms with E-state index in [1.807, 2.05) is 0 Å². The standard InChI is InChI=1S/C16H13F3N2O4S/c17-10-2-4-12-9(7-10)1-5-13(12)20-14-6-3-11(8-15(14)21(22)23)26(24,25)16(18)19/h2-4,6-8,13,16,20H,1,5H2. The van der Waals surface area contributed by atoms with E-state index in [1.165, 1.54) is 12.1 Å². The van der Waals surface area contributed by atoms with Crippen molar-refractivity contribution in [2.75, 3.05) is 5.32 Å². The van der Waals surface area contributed by atoms with E-state index in [0.717, 1.165) is 23.3 Å². The lowest BCUT2D eigenvalue weighted by Crippen LogP contribution is -2.13. The molecule has 0 radical (unpaired) electrons. The van der Waals surface area contributed by atoms with Gasteiger partial charge in [0.1, 0.15) is 11.5 Å². The fourth-order valence-electron chi connectivity index (χ4n) is 2.99. The van der Waals surface area contributed by atoms with Gasteiger partial charge in [0.15, 0.2) is 0 Å². The maximum Gasteiger partial charge on any atom is 0.341 e. The Morgan fingerprint density at radius 2 is 1.92 bits per heavy atom. The maximum absolute atomic E-state index is 13.3. The minimum atomic E-state index is -4.94. The molecule has 3 rings (SSSR count). The van der Waals surface area contributed by atoms with Crippen LogP contribution in [0.25, 0.3) is 0 Å². The van der Waals surface area contributed by atoms with E-state index in [0.29, 0.717) is 18.9 Å². The molecule has 0 bridgehead atoms. The number of rotatable bonds is 5. The third-order valence-corrected chi connectivity index (χ3v) is 5.62. The summed E-state index contributed by atoms with van der Waals surface area (Å²) < 4.78 is 61.6. The van der Waals surface area contributed by atoms with Crippen LogP contribution in [0.2, 0.25) is 0 Å². The normalized spacial score (nSPS) is 16.5. The van der Waals surface area contributed by atoms with Crippen molar-refractivity contribution in [1.82, 2.24) is 0 Å². The Morgan fingerprint density at radius 3 is 2.58 bits per heavy atom. The SMILES string of the molecule is O=[N+]([O-])c1cc(S(=O)(=O)C(F)F)ccc1NC1CCc2cc(F)ccc21. The molecule has 0 fully saturated rings. The number of nitro benzene ring substituents is 1. The van der Waals surface area contributed by atoms with E-state index >= 15 is 0 Å². The number of anilines is 1. The molecule has 1 aliphatic rings. The molecule has 0 heterocycles. The van der Waals surface area contributed by atoms with Gasteiger partial charge in [-0.05, 0) is 48.2 Å². The van der Waals surface area contributed by atoms with Crippen LogP contribution in [0.3, 0.4) is 0 Å². The van der Waals surface area contributed by atoms with Gasteiger partial charge in [0.25, 0.3) is 5.69 Å². The van der Waals surface area contributed by atoms with Gasteiger partial charge in [-0.2, -0.15) is 8.78 Å². The number of alkyl halides is 2. The van der Waals surface area contributed by atoms with Gasteiger partial charge in [0.05, 0.1) is 15.9 Å². The summed E-state index contributed by atoms with van der Waals surface area (Å²) in [6, 6.07) is 6.53. The molecule has 138 valence electrons. The lowest BCUT2D eigenvalue weighted by Gasteiger charge is -2.16. The van der Waals surface area contributed by atoms with E-state index < -0.39 is 31.1 Å². The van der Waals surface area contributed by atoms with Crippen LogP contribution in [0.4, 0.5) is 24.5 Å². The van der Waals surface area contributed by atoms with E-state index in [2.05, 4.69) is 5.32 Å². The molecule has 0 aromatic heterocycles. The second kappa shape index (κ2) is 6.60. The van der Waals surface area contributed by atoms with Crippen LogP contribution in [0.1, 0.15) is 23.6 Å². The zero-order valence-electron chi connectivity index (χ0n) is 13.2. The Bertz CT molecular complexity index is 979. The Morgan fingerprint density at radius 1 is 1.19 bits per heavy atom. The molecule has 1 N–H and O–H groups in total. The van der Waals surface area contributed by atoms with Crippen molar-refractivity contribution >= 4 is 21.2 Å². The molecule has 26 heavy (non-hydrogen) atoms. The molecule has 1 aliphatic carbocycles. The summed E-state index contributed by atoms with van der Waals surface area (Å²) >= 11 is 0. The van der Waals surface area contributed by atoms with Crippen LogP contribution < -0.4 is 5.32 Å². The third-order valence-electron chi connectivity index (χ3n) is 4.24. The number of nitro groups is 1. The molecule has 1 unspecified atom stereocenters. The molecule has 6 nitrogen and oxygen atoms in total. The van der Waals surface area contributed by atoms with Crippen molar-refractivity contribution in [2.24, 2.45) is 0 Å². The Balaban J connectivity index is 1.96. The first kappa shape index (κ1) is 18.2. The second-order valence-corrected chi connectivity index (χ2v) is 7.74. The highest BCUT2D eigenvalue weighted by Crippen LogP contribution is 2.37. The van der Waals surface area contributed by atoms with Crippen LogP contribution >= 0.6 is 0 Å². The highest BCUT2D eigenvalue weighted by molar-refractivity contribution is 7.91. The predicted octanol–water partition coefficient (Wildman–Crippen LogP) is 3.83. The van der Waals surface area contributed by atoms with E-state index in [1.54, 1.807) is 6.07 Å². The lowest BCUT2D eigenvalue weighted by molar-refractivity contribution is -0.384. The topological polar surface area (TPSA) is 89.3 Å². The highest BCUT2D eigenvalue weighted by Gasteiger charge is 2.30. The zero-order chi connectivity index (χ0) is 19.1. The summed E-state index contributed by atoms with van der Waals surface area (Å²) in [5.41, 5.74) is 0.944. The Hall–Kier alpha value is -2.62. The third kappa shape index (κ3) is 3.24. The number of halogens is 3. The van der Waals surface area contributed by atoms with E-state index in [9.17, 15) is 31.7 Å². The second-order valence-electron chi connectivity index (χ2n) is 5.82. The predicted molar refractivity (Wildman–Crippen MR) is 87.4 cm³/mol. The summed E-state index contributed by atoms with van der Waals surface area (Å²) in [5, 5.41) is 14.2. The number of hydrogen-bond acceptors (Lipinski definition) is 5. The number of nitrogens with zero attached hydrogens (tertiary/aromatic N) is 1. The molecule has 0 saturated carbocycles. The number of benzene rings is 2. The molecule has 2 aromatic rings. The first-order valence-corrected chi connectivity index (χ1v) is 9.10. The fraction of sp³-hybridized carbons (Fsp3) is 0.250. The van der Waals surface area contributed by atoms with Crippen molar-refractivity contribution < 1.29 is 26.5 Å². The van der Waals surface area contributed by atoms with Gasteiger partial charge in [-0.15, -0.1) is 0 Å². The molecular formula is C16H13F3N2O4S. The van der Waals surface area contributed by atoms with Crippen molar-refractivity contribution in [2.45, 2.75) is 29.5 Å². The summed E-state index contributed by atoms with van der Waals surface area (Å²) in [6.45, 7) is 0. The summed E-state index contributed by atoms with van der Waals surface area (Å²) in [4.78, 5) is 9.61. The molecule has 10 heteroatoms. The minimum absolute atomic E-state index is 0.00499. The van der Waals surface area contributed by atoms with E-state index in [-0.39, 0.29) is 17.5 Å². The van der Waals surface area contributed by atoms with Gasteiger partial charge < -0.3 is 5.32 Å². The van der Waals surface area contributed by atoms with Gasteiger partial charge in [-0.3, -0.25) is 10.1 Å². The Kier molecular flexibility index (Phi) is 4.61. The van der Waals surface area contributed by atoms with Crippen LogP contribution in [-0.4, -0.2) is 19.1 Å². The van der Waals surface area contributed by atoms with Crippen molar-refractivity contribution in [3.63, 3.8) is 0 Å². The molecule has 0 aliphatic heterocycles. The van der Waals surface area contributed by atoms with Gasteiger partial charge in [-0.1, -0.05) is 6.07 Å². The van der Waals surface area contributed by atoms with Gasteiger partial charge >= 0.3 is 5.76 Å². The maximum atomic E-state index is 13.3. The molecule has 2 aromatic carbocycles. The van der Waals surface area contributed by atoms with Gasteiger partial charge in [0.2, 0.25) is 9.84 Å². The monoisotopic (exact) mass is 386 g/mol. The van der Waals surface area contributed by atoms with Crippen molar-refractivity contribution in [1.29, 1.82) is 0 Å². The summed E-state index contributed by atoms with van der Waals surface area (Å²) in [6.07, 6.45) is 1.14. The Labute approximate surface area is 146 Å². The molecule has 0 spiro atoms. The average molecular weight is 386 g/mol. The number of nitrogens with one attached hydrogen (secondary N) is 1. The minimum Gasteiger partial charge on any atom is -0.373 e.